The summed E-state index contributed by atoms with van der Waals surface area (Å²) in [5, 5.41) is 8.92. The fourth-order valence-corrected chi connectivity index (χ4v) is 4.58. The Labute approximate surface area is 206 Å². The van der Waals surface area contributed by atoms with Gasteiger partial charge in [-0.15, -0.1) is 0 Å². The van der Waals surface area contributed by atoms with Crippen molar-refractivity contribution in [2.45, 2.75) is 33.4 Å². The molecule has 0 unspecified atom stereocenters. The maximum atomic E-state index is 13.2. The van der Waals surface area contributed by atoms with Crippen molar-refractivity contribution in [1.82, 2.24) is 25.1 Å². The van der Waals surface area contributed by atoms with Crippen LogP contribution >= 0.6 is 11.6 Å². The average molecular weight is 487 g/mol. The minimum Gasteiger partial charge on any atom is -0.384 e. The number of carbonyl (C=O) groups excluding carboxylic acids is 2. The number of allylic oxidation sites excluding steroid dienone is 1. The number of aryl methyl sites for hydroxylation is 2. The summed E-state index contributed by atoms with van der Waals surface area (Å²) in [6.45, 7) is 4.41. The summed E-state index contributed by atoms with van der Waals surface area (Å²) in [5.74, 6) is -0.101. The van der Waals surface area contributed by atoms with Crippen LogP contribution in [0.25, 0.3) is 17.0 Å². The number of ketones is 1. The molecule has 0 spiro atoms. The van der Waals surface area contributed by atoms with Crippen LogP contribution in [0.15, 0.2) is 42.6 Å². The van der Waals surface area contributed by atoms with Crippen LogP contribution in [0.4, 0.5) is 5.82 Å². The highest BCUT2D eigenvalue weighted by molar-refractivity contribution is 6.31. The largest absolute Gasteiger partial charge is 0.384 e. The van der Waals surface area contributed by atoms with Crippen molar-refractivity contribution in [3.05, 3.63) is 87.0 Å². The zero-order valence-electron chi connectivity index (χ0n) is 19.3. The van der Waals surface area contributed by atoms with Gasteiger partial charge in [0, 0.05) is 30.2 Å². The molecule has 1 aliphatic rings. The van der Waals surface area contributed by atoms with E-state index in [4.69, 9.17) is 17.3 Å². The zero-order valence-corrected chi connectivity index (χ0v) is 20.1. The number of nitrogens with zero attached hydrogens (tertiary/aromatic N) is 4. The molecule has 0 radical (unpaired) electrons. The van der Waals surface area contributed by atoms with Crippen molar-refractivity contribution in [3.8, 4) is 0 Å². The van der Waals surface area contributed by atoms with Crippen LogP contribution in [0.1, 0.15) is 55.3 Å². The van der Waals surface area contributed by atoms with Crippen LogP contribution < -0.4 is 11.1 Å². The average Bonchev–Trinajstić information content (AvgIpc) is 3.17. The molecule has 176 valence electrons. The quantitative estimate of drug-likeness (QED) is 0.435. The Balaban J connectivity index is 1.46. The molecule has 0 saturated carbocycles. The molecule has 0 fully saturated rings. The molecule has 0 atom stereocenters. The normalized spacial score (nSPS) is 12.7. The maximum Gasteiger partial charge on any atom is 0.272 e. The number of rotatable bonds is 5. The molecular weight excluding hydrogens is 464 g/mol. The third kappa shape index (κ3) is 4.40. The third-order valence-electron chi connectivity index (χ3n) is 6.11. The molecule has 0 aliphatic heterocycles. The smallest absolute Gasteiger partial charge is 0.272 e. The zero-order chi connectivity index (χ0) is 24.7. The number of nitrogens with one attached hydrogen (secondary N) is 1. The molecule has 1 aromatic carbocycles. The number of carbonyl (C=O) groups is 2. The van der Waals surface area contributed by atoms with Gasteiger partial charge < -0.3 is 11.1 Å². The number of halogens is 1. The SMILES string of the molecule is Cc1cc(N)nc(C)c1CNC(=O)c1nn(Cc2ccc3ncc(Cl)cc3c2)c2c1C(=O)CC=C2. The molecule has 9 heteroatoms. The lowest BCUT2D eigenvalue weighted by molar-refractivity contribution is 0.0928. The minimum atomic E-state index is -0.409. The van der Waals surface area contributed by atoms with E-state index >= 15 is 0 Å². The first-order valence-electron chi connectivity index (χ1n) is 11.2. The predicted molar refractivity (Wildman–Crippen MR) is 135 cm³/mol. The number of anilines is 1. The van der Waals surface area contributed by atoms with Crippen molar-refractivity contribution in [3.63, 3.8) is 0 Å². The third-order valence-corrected chi connectivity index (χ3v) is 6.32. The first kappa shape index (κ1) is 22.7. The molecule has 1 aliphatic carbocycles. The van der Waals surface area contributed by atoms with Gasteiger partial charge in [0.05, 0.1) is 28.3 Å². The second-order valence-corrected chi connectivity index (χ2v) is 9.02. The topological polar surface area (TPSA) is 116 Å². The van der Waals surface area contributed by atoms with Crippen molar-refractivity contribution in [2.24, 2.45) is 0 Å². The van der Waals surface area contributed by atoms with E-state index in [9.17, 15) is 9.59 Å². The van der Waals surface area contributed by atoms with E-state index in [1.165, 1.54) is 0 Å². The molecular formula is C26H23ClN6O2. The van der Waals surface area contributed by atoms with Crippen LogP contribution in [0.2, 0.25) is 5.02 Å². The van der Waals surface area contributed by atoms with E-state index in [1.54, 1.807) is 23.0 Å². The van der Waals surface area contributed by atoms with Gasteiger partial charge >= 0.3 is 0 Å². The number of pyridine rings is 2. The van der Waals surface area contributed by atoms with E-state index in [0.29, 0.717) is 28.6 Å². The second kappa shape index (κ2) is 8.96. The standard InChI is InChI=1S/C26H23ClN6O2/c1-14-8-23(28)31-15(2)19(14)12-30-26(35)25-24-21(4-3-5-22(24)34)33(32-25)13-16-6-7-20-17(9-16)10-18(27)11-29-20/h3-4,6-11H,5,12-13H2,1-2H3,(H2,28,31)(H,30,35). The molecule has 1 amide bonds. The van der Waals surface area contributed by atoms with E-state index in [-0.39, 0.29) is 24.4 Å². The molecule has 35 heavy (non-hydrogen) atoms. The fourth-order valence-electron chi connectivity index (χ4n) is 4.41. The van der Waals surface area contributed by atoms with E-state index in [1.807, 2.05) is 44.2 Å². The molecule has 0 saturated heterocycles. The summed E-state index contributed by atoms with van der Waals surface area (Å²) in [5.41, 5.74) is 11.3. The Kier molecular flexibility index (Phi) is 5.82. The first-order valence-corrected chi connectivity index (χ1v) is 11.5. The number of fused-ring (bicyclic) bond motifs is 2. The lowest BCUT2D eigenvalue weighted by Gasteiger charge is -2.11. The van der Waals surface area contributed by atoms with Gasteiger partial charge in [-0.2, -0.15) is 5.10 Å². The van der Waals surface area contributed by atoms with E-state index < -0.39 is 5.91 Å². The van der Waals surface area contributed by atoms with E-state index in [0.717, 1.165) is 33.3 Å². The van der Waals surface area contributed by atoms with Crippen molar-refractivity contribution >= 4 is 46.1 Å². The summed E-state index contributed by atoms with van der Waals surface area (Å²) < 4.78 is 1.69. The van der Waals surface area contributed by atoms with Crippen LogP contribution in [0.3, 0.4) is 0 Å². The van der Waals surface area contributed by atoms with Crippen molar-refractivity contribution in [2.75, 3.05) is 5.73 Å². The van der Waals surface area contributed by atoms with Crippen LogP contribution in [-0.4, -0.2) is 31.4 Å². The second-order valence-electron chi connectivity index (χ2n) is 8.59. The number of nitrogen functional groups attached to an aromatic ring is 1. The summed E-state index contributed by atoms with van der Waals surface area (Å²) in [6, 6.07) is 9.47. The van der Waals surface area contributed by atoms with Gasteiger partial charge in [0.15, 0.2) is 11.5 Å². The monoisotopic (exact) mass is 486 g/mol. The van der Waals surface area contributed by atoms with Crippen LogP contribution in [0.5, 0.6) is 0 Å². The molecule has 0 bridgehead atoms. The van der Waals surface area contributed by atoms with Gasteiger partial charge in [-0.05, 0) is 60.9 Å². The van der Waals surface area contributed by atoms with Crippen molar-refractivity contribution < 1.29 is 9.59 Å². The number of hydrogen-bond acceptors (Lipinski definition) is 6. The highest BCUT2D eigenvalue weighted by atomic mass is 35.5. The number of Topliss-reactive ketones (excluding diaryl/α,β-unsaturated/α-hetero) is 1. The molecule has 3 aromatic heterocycles. The first-order chi connectivity index (χ1) is 16.8. The number of hydrogen-bond donors (Lipinski definition) is 2. The van der Waals surface area contributed by atoms with Gasteiger partial charge in [0.2, 0.25) is 0 Å². The van der Waals surface area contributed by atoms with Gasteiger partial charge in [0.25, 0.3) is 5.91 Å². The summed E-state index contributed by atoms with van der Waals surface area (Å²) >= 11 is 6.10. The summed E-state index contributed by atoms with van der Waals surface area (Å²) in [6.07, 6.45) is 5.48. The summed E-state index contributed by atoms with van der Waals surface area (Å²) in [4.78, 5) is 34.5. The van der Waals surface area contributed by atoms with Crippen LogP contribution in [0, 0.1) is 13.8 Å². The number of aromatic nitrogens is 4. The maximum absolute atomic E-state index is 13.2. The van der Waals surface area contributed by atoms with Gasteiger partial charge in [-0.1, -0.05) is 23.7 Å². The molecule has 5 rings (SSSR count). The highest BCUT2D eigenvalue weighted by Crippen LogP contribution is 2.25. The van der Waals surface area contributed by atoms with Crippen LogP contribution in [-0.2, 0) is 13.1 Å². The Morgan fingerprint density at radius 3 is 2.86 bits per heavy atom. The lowest BCUT2D eigenvalue weighted by Crippen LogP contribution is -2.26. The van der Waals surface area contributed by atoms with Gasteiger partial charge in [-0.25, -0.2) is 4.98 Å². The number of amides is 1. The molecule has 3 N–H and O–H groups in total. The number of nitrogens with two attached hydrogens (primary N) is 1. The summed E-state index contributed by atoms with van der Waals surface area (Å²) in [7, 11) is 0. The van der Waals surface area contributed by atoms with Crippen molar-refractivity contribution in [1.29, 1.82) is 0 Å². The number of benzene rings is 1. The fraction of sp³-hybridized carbons (Fsp3) is 0.192. The van der Waals surface area contributed by atoms with Gasteiger partial charge in [0.1, 0.15) is 5.82 Å². The Bertz CT molecular complexity index is 1520. The van der Waals surface area contributed by atoms with E-state index in [2.05, 4.69) is 20.4 Å². The Hall–Kier alpha value is -4.04. The highest BCUT2D eigenvalue weighted by Gasteiger charge is 2.28. The minimum absolute atomic E-state index is 0.124. The predicted octanol–water partition coefficient (Wildman–Crippen LogP) is 4.26. The Morgan fingerprint density at radius 1 is 1.23 bits per heavy atom. The molecule has 4 aromatic rings. The lowest BCUT2D eigenvalue weighted by atomic mass is 9.99. The molecule has 8 nitrogen and oxygen atoms in total. The Morgan fingerprint density at radius 2 is 2.06 bits per heavy atom. The molecule has 3 heterocycles. The van der Waals surface area contributed by atoms with Gasteiger partial charge in [-0.3, -0.25) is 19.3 Å².